The minimum Gasteiger partial charge on any atom is -0.353 e. The van der Waals surface area contributed by atoms with Gasteiger partial charge in [-0.25, -0.2) is 19.3 Å². The third kappa shape index (κ3) is 4.84. The van der Waals surface area contributed by atoms with Crippen LogP contribution in [0, 0.1) is 5.82 Å². The number of amides is 1. The van der Waals surface area contributed by atoms with Gasteiger partial charge in [-0.1, -0.05) is 12.1 Å². The van der Waals surface area contributed by atoms with E-state index in [1.165, 1.54) is 12.1 Å². The number of halogens is 1. The summed E-state index contributed by atoms with van der Waals surface area (Å²) in [5.74, 6) is 1.14. The van der Waals surface area contributed by atoms with Crippen LogP contribution < -0.4 is 15.1 Å². The summed E-state index contributed by atoms with van der Waals surface area (Å²) in [6, 6.07) is 11.5. The van der Waals surface area contributed by atoms with Gasteiger partial charge < -0.3 is 15.1 Å². The van der Waals surface area contributed by atoms with E-state index in [1.807, 2.05) is 18.2 Å². The van der Waals surface area contributed by atoms with E-state index < -0.39 is 0 Å². The lowest BCUT2D eigenvalue weighted by Gasteiger charge is -2.35. The van der Waals surface area contributed by atoms with E-state index in [2.05, 4.69) is 30.1 Å². The van der Waals surface area contributed by atoms with Gasteiger partial charge in [0.2, 0.25) is 11.9 Å². The van der Waals surface area contributed by atoms with Crippen molar-refractivity contribution in [2.75, 3.05) is 41.3 Å². The van der Waals surface area contributed by atoms with Crippen LogP contribution in [0.3, 0.4) is 0 Å². The zero-order valence-electron chi connectivity index (χ0n) is 15.8. The molecular formula is C21H21FN6O. The number of aromatic nitrogens is 3. The molecule has 148 valence electrons. The highest BCUT2D eigenvalue weighted by atomic mass is 19.1. The average Bonchev–Trinajstić information content (AvgIpc) is 2.77. The molecule has 3 heterocycles. The summed E-state index contributed by atoms with van der Waals surface area (Å²) < 4.78 is 12.9. The van der Waals surface area contributed by atoms with Gasteiger partial charge in [0.1, 0.15) is 11.6 Å². The first-order valence-corrected chi connectivity index (χ1v) is 9.45. The van der Waals surface area contributed by atoms with E-state index in [9.17, 15) is 9.18 Å². The Kier molecular flexibility index (Phi) is 5.60. The molecular weight excluding hydrogens is 371 g/mol. The van der Waals surface area contributed by atoms with Crippen LogP contribution in [-0.2, 0) is 11.2 Å². The lowest BCUT2D eigenvalue weighted by atomic mass is 10.1. The fraction of sp³-hybridized carbons (Fsp3) is 0.238. The van der Waals surface area contributed by atoms with Crippen LogP contribution in [0.4, 0.5) is 21.8 Å². The van der Waals surface area contributed by atoms with Crippen LogP contribution in [0.5, 0.6) is 0 Å². The zero-order chi connectivity index (χ0) is 20.1. The molecule has 1 N–H and O–H groups in total. The number of nitrogens with zero attached hydrogens (tertiary/aromatic N) is 5. The molecule has 0 spiro atoms. The van der Waals surface area contributed by atoms with Crippen molar-refractivity contribution in [1.82, 2.24) is 15.0 Å². The van der Waals surface area contributed by atoms with Crippen molar-refractivity contribution in [3.63, 3.8) is 0 Å². The second-order valence-corrected chi connectivity index (χ2v) is 6.78. The maximum atomic E-state index is 12.9. The average molecular weight is 392 g/mol. The minimum atomic E-state index is -0.314. The molecule has 0 radical (unpaired) electrons. The predicted molar refractivity (Wildman–Crippen MR) is 109 cm³/mol. The standard InChI is InChI=1S/C21H21FN6O/c22-17-4-2-16(3-5-17)14-20(29)26-18-6-7-19(25-15-18)27-10-12-28(13-11-27)21-23-8-1-9-24-21/h1-9,15H,10-14H2,(H,26,29). The normalized spacial score (nSPS) is 14.0. The van der Waals surface area contributed by atoms with E-state index in [-0.39, 0.29) is 18.1 Å². The SMILES string of the molecule is O=C(Cc1ccc(F)cc1)Nc1ccc(N2CCN(c3ncccn3)CC2)nc1. The molecule has 0 saturated carbocycles. The number of carbonyl (C=O) groups is 1. The number of piperazine rings is 1. The Morgan fingerprint density at radius 2 is 1.62 bits per heavy atom. The number of hydrogen-bond donors (Lipinski definition) is 1. The van der Waals surface area contributed by atoms with Crippen molar-refractivity contribution in [3.05, 3.63) is 72.4 Å². The van der Waals surface area contributed by atoms with Gasteiger partial charge in [-0.2, -0.15) is 0 Å². The third-order valence-electron chi connectivity index (χ3n) is 4.75. The molecule has 1 saturated heterocycles. The molecule has 0 bridgehead atoms. The van der Waals surface area contributed by atoms with Crippen LogP contribution in [0.25, 0.3) is 0 Å². The Bertz CT molecular complexity index is 941. The van der Waals surface area contributed by atoms with E-state index in [1.54, 1.807) is 30.7 Å². The van der Waals surface area contributed by atoms with Crippen molar-refractivity contribution in [2.24, 2.45) is 0 Å². The number of carbonyl (C=O) groups excluding carboxylic acids is 1. The molecule has 0 unspecified atom stereocenters. The van der Waals surface area contributed by atoms with Gasteiger partial charge in [-0.3, -0.25) is 4.79 Å². The first kappa shape index (κ1) is 18.8. The Morgan fingerprint density at radius 1 is 0.931 bits per heavy atom. The summed E-state index contributed by atoms with van der Waals surface area (Å²) >= 11 is 0. The molecule has 2 aromatic heterocycles. The molecule has 1 aromatic carbocycles. The van der Waals surface area contributed by atoms with Crippen molar-refractivity contribution in [3.8, 4) is 0 Å². The lowest BCUT2D eigenvalue weighted by molar-refractivity contribution is -0.115. The monoisotopic (exact) mass is 392 g/mol. The molecule has 8 heteroatoms. The smallest absolute Gasteiger partial charge is 0.228 e. The van der Waals surface area contributed by atoms with Crippen LogP contribution in [-0.4, -0.2) is 47.0 Å². The predicted octanol–water partition coefficient (Wildman–Crippen LogP) is 2.52. The van der Waals surface area contributed by atoms with Gasteiger partial charge in [-0.05, 0) is 35.9 Å². The van der Waals surface area contributed by atoms with Crippen LogP contribution in [0.1, 0.15) is 5.56 Å². The highest BCUT2D eigenvalue weighted by Crippen LogP contribution is 2.18. The fourth-order valence-electron chi connectivity index (χ4n) is 3.23. The van der Waals surface area contributed by atoms with Crippen molar-refractivity contribution in [2.45, 2.75) is 6.42 Å². The summed E-state index contributed by atoms with van der Waals surface area (Å²) in [5.41, 5.74) is 1.39. The zero-order valence-corrected chi connectivity index (χ0v) is 15.8. The van der Waals surface area contributed by atoms with Gasteiger partial charge in [0.25, 0.3) is 0 Å². The summed E-state index contributed by atoms with van der Waals surface area (Å²) in [6.07, 6.45) is 5.34. The Morgan fingerprint density at radius 3 is 2.28 bits per heavy atom. The summed E-state index contributed by atoms with van der Waals surface area (Å²) in [6.45, 7) is 3.28. The molecule has 7 nitrogen and oxygen atoms in total. The minimum absolute atomic E-state index is 0.164. The molecule has 1 aliphatic heterocycles. The molecule has 1 amide bonds. The Balaban J connectivity index is 1.30. The second kappa shape index (κ2) is 8.64. The van der Waals surface area contributed by atoms with Gasteiger partial charge in [-0.15, -0.1) is 0 Å². The number of anilines is 3. The first-order chi connectivity index (χ1) is 14.2. The molecule has 3 aromatic rings. The second-order valence-electron chi connectivity index (χ2n) is 6.78. The highest BCUT2D eigenvalue weighted by molar-refractivity contribution is 5.92. The molecule has 0 atom stereocenters. The van der Waals surface area contributed by atoms with Gasteiger partial charge in [0.15, 0.2) is 0 Å². The summed E-state index contributed by atoms with van der Waals surface area (Å²) in [7, 11) is 0. The fourth-order valence-corrected chi connectivity index (χ4v) is 3.23. The molecule has 29 heavy (non-hydrogen) atoms. The molecule has 1 aliphatic rings. The number of pyridine rings is 1. The van der Waals surface area contributed by atoms with Crippen LogP contribution in [0.2, 0.25) is 0 Å². The topological polar surface area (TPSA) is 74.2 Å². The maximum Gasteiger partial charge on any atom is 0.228 e. The van der Waals surface area contributed by atoms with Crippen molar-refractivity contribution < 1.29 is 9.18 Å². The number of nitrogens with one attached hydrogen (secondary N) is 1. The molecule has 4 rings (SSSR count). The van der Waals surface area contributed by atoms with Crippen molar-refractivity contribution >= 4 is 23.4 Å². The van der Waals surface area contributed by atoms with E-state index in [4.69, 9.17) is 0 Å². The third-order valence-corrected chi connectivity index (χ3v) is 4.75. The van der Waals surface area contributed by atoms with E-state index in [0.29, 0.717) is 5.69 Å². The Hall–Kier alpha value is -3.55. The van der Waals surface area contributed by atoms with E-state index >= 15 is 0 Å². The molecule has 0 aliphatic carbocycles. The van der Waals surface area contributed by atoms with Gasteiger partial charge in [0.05, 0.1) is 18.3 Å². The molecule has 1 fully saturated rings. The van der Waals surface area contributed by atoms with Crippen LogP contribution >= 0.6 is 0 Å². The number of hydrogen-bond acceptors (Lipinski definition) is 6. The van der Waals surface area contributed by atoms with Crippen LogP contribution in [0.15, 0.2) is 61.1 Å². The van der Waals surface area contributed by atoms with Crippen molar-refractivity contribution in [1.29, 1.82) is 0 Å². The quantitative estimate of drug-likeness (QED) is 0.719. The lowest BCUT2D eigenvalue weighted by Crippen LogP contribution is -2.47. The summed E-state index contributed by atoms with van der Waals surface area (Å²) in [4.78, 5) is 29.6. The number of rotatable bonds is 5. The number of benzene rings is 1. The van der Waals surface area contributed by atoms with Gasteiger partial charge in [0, 0.05) is 38.6 Å². The Labute approximate surface area is 168 Å². The first-order valence-electron chi connectivity index (χ1n) is 9.45. The van der Waals surface area contributed by atoms with Gasteiger partial charge >= 0.3 is 0 Å². The van der Waals surface area contributed by atoms with E-state index in [0.717, 1.165) is 43.5 Å². The summed E-state index contributed by atoms with van der Waals surface area (Å²) in [5, 5.41) is 2.83. The highest BCUT2D eigenvalue weighted by Gasteiger charge is 2.19. The largest absolute Gasteiger partial charge is 0.353 e. The maximum absolute atomic E-state index is 12.9.